The minimum Gasteiger partial charge on any atom is -0.492 e. The molecule has 11 heteroatoms. The van der Waals surface area contributed by atoms with Crippen LogP contribution in [-0.4, -0.2) is 59.6 Å². The first-order valence-corrected chi connectivity index (χ1v) is 13.0. The van der Waals surface area contributed by atoms with Crippen molar-refractivity contribution in [2.75, 3.05) is 31.7 Å². The van der Waals surface area contributed by atoms with E-state index in [1.54, 1.807) is 37.5 Å². The van der Waals surface area contributed by atoms with E-state index in [2.05, 4.69) is 11.1 Å². The van der Waals surface area contributed by atoms with Gasteiger partial charge in [0.15, 0.2) is 0 Å². The van der Waals surface area contributed by atoms with E-state index >= 15 is 0 Å². The fourth-order valence-corrected chi connectivity index (χ4v) is 5.44. The van der Waals surface area contributed by atoms with Gasteiger partial charge in [-0.2, -0.15) is 5.26 Å². The molecule has 0 unspecified atom stereocenters. The van der Waals surface area contributed by atoms with Crippen LogP contribution in [0.4, 0.5) is 10.5 Å². The smallest absolute Gasteiger partial charge is 0.331 e. The van der Waals surface area contributed by atoms with Gasteiger partial charge in [-0.3, -0.25) is 19.4 Å². The van der Waals surface area contributed by atoms with Crippen LogP contribution in [0.25, 0.3) is 0 Å². The molecule has 5 rings (SSSR count). The van der Waals surface area contributed by atoms with E-state index in [1.165, 1.54) is 16.2 Å². The standard InChI is InChI=1S/C27H28ClN5O5/c1-31-15-25(34)32(27(31)36)21-6-7-22(28)24(11-21)37-16-17-2-4-19(5-3-17)26(35)33-23(8-9-38-33)20-10-18(12-29)13-30-14-20/h6-7,10-11,13-14,17,19,23H,2-5,8-9,15-16H2,1H3/t17-,19-,23-/m0/s1. The average Bonchev–Trinajstić information content (AvgIpc) is 3.52. The zero-order valence-corrected chi connectivity index (χ0v) is 21.8. The summed E-state index contributed by atoms with van der Waals surface area (Å²) in [6.07, 6.45) is 6.90. The molecule has 0 bridgehead atoms. The molecule has 4 amide bonds. The van der Waals surface area contributed by atoms with Crippen LogP contribution in [-0.2, 0) is 14.4 Å². The summed E-state index contributed by atoms with van der Waals surface area (Å²) < 4.78 is 6.02. The maximum Gasteiger partial charge on any atom is 0.331 e. The zero-order valence-electron chi connectivity index (χ0n) is 21.0. The number of rotatable bonds is 6. The first kappa shape index (κ1) is 25.9. The number of amides is 4. The molecule has 1 saturated carbocycles. The SMILES string of the molecule is CN1CC(=O)N(c2ccc(Cl)c(OC[C@H]3CC[C@H](C(=O)N4OCC[C@H]4c4cncc(C#N)c4)CC3)c2)C1=O. The molecule has 2 aromatic rings. The number of hydrogen-bond acceptors (Lipinski definition) is 7. The van der Waals surface area contributed by atoms with Crippen molar-refractivity contribution in [3.05, 3.63) is 52.8 Å². The number of carbonyl (C=O) groups is 3. The Bertz CT molecular complexity index is 1290. The van der Waals surface area contributed by atoms with Gasteiger partial charge < -0.3 is 9.64 Å². The van der Waals surface area contributed by atoms with Crippen LogP contribution < -0.4 is 9.64 Å². The van der Waals surface area contributed by atoms with Crippen molar-refractivity contribution in [1.82, 2.24) is 14.9 Å². The monoisotopic (exact) mass is 537 g/mol. The van der Waals surface area contributed by atoms with Crippen LogP contribution >= 0.6 is 11.6 Å². The average molecular weight is 538 g/mol. The second-order valence-corrected chi connectivity index (χ2v) is 10.3. The maximum atomic E-state index is 13.3. The van der Waals surface area contributed by atoms with Crippen molar-refractivity contribution in [2.45, 2.75) is 38.1 Å². The van der Waals surface area contributed by atoms with Crippen LogP contribution in [0.3, 0.4) is 0 Å². The molecule has 3 heterocycles. The number of hydrogen-bond donors (Lipinski definition) is 0. The molecule has 0 radical (unpaired) electrons. The highest BCUT2D eigenvalue weighted by molar-refractivity contribution is 6.32. The van der Waals surface area contributed by atoms with Gasteiger partial charge in [0.25, 0.3) is 5.91 Å². The summed E-state index contributed by atoms with van der Waals surface area (Å²) in [6, 6.07) is 8.09. The third-order valence-electron chi connectivity index (χ3n) is 7.38. The van der Waals surface area contributed by atoms with Gasteiger partial charge in [0.2, 0.25) is 5.91 Å². The molecule has 1 aromatic heterocycles. The minimum atomic E-state index is -0.385. The van der Waals surface area contributed by atoms with Gasteiger partial charge in [0.1, 0.15) is 18.4 Å². The quantitative estimate of drug-likeness (QED) is 0.509. The summed E-state index contributed by atoms with van der Waals surface area (Å²) in [7, 11) is 1.58. The number of halogens is 1. The lowest BCUT2D eigenvalue weighted by Gasteiger charge is -2.32. The van der Waals surface area contributed by atoms with Crippen molar-refractivity contribution in [3.63, 3.8) is 0 Å². The lowest BCUT2D eigenvalue weighted by molar-refractivity contribution is -0.183. The van der Waals surface area contributed by atoms with Crippen molar-refractivity contribution in [2.24, 2.45) is 11.8 Å². The van der Waals surface area contributed by atoms with Gasteiger partial charge in [-0.05, 0) is 55.4 Å². The molecular weight excluding hydrogens is 510 g/mol. The highest BCUT2D eigenvalue weighted by Crippen LogP contribution is 2.37. The number of hydroxylamine groups is 2. The van der Waals surface area contributed by atoms with Crippen molar-refractivity contribution < 1.29 is 24.0 Å². The Morgan fingerprint density at radius 2 is 1.97 bits per heavy atom. The van der Waals surface area contributed by atoms with Crippen LogP contribution in [0, 0.1) is 23.2 Å². The molecular formula is C27H28ClN5O5. The van der Waals surface area contributed by atoms with E-state index < -0.39 is 0 Å². The van der Waals surface area contributed by atoms with Crippen LogP contribution in [0.15, 0.2) is 36.7 Å². The first-order chi connectivity index (χ1) is 18.4. The number of ether oxygens (including phenoxy) is 1. The lowest BCUT2D eigenvalue weighted by atomic mass is 9.81. The number of pyridine rings is 1. The largest absolute Gasteiger partial charge is 0.492 e. The van der Waals surface area contributed by atoms with E-state index in [-0.39, 0.29) is 42.3 Å². The molecule has 1 aliphatic carbocycles. The molecule has 2 aliphatic heterocycles. The third kappa shape index (κ3) is 5.17. The summed E-state index contributed by atoms with van der Waals surface area (Å²) in [5.74, 6) is 0.183. The van der Waals surface area contributed by atoms with Gasteiger partial charge in [0.05, 0.1) is 35.5 Å². The number of nitriles is 1. The van der Waals surface area contributed by atoms with Gasteiger partial charge in [-0.15, -0.1) is 0 Å². The second-order valence-electron chi connectivity index (χ2n) is 9.93. The van der Waals surface area contributed by atoms with Crippen molar-refractivity contribution in [1.29, 1.82) is 5.26 Å². The van der Waals surface area contributed by atoms with Gasteiger partial charge in [-0.25, -0.2) is 14.8 Å². The normalized spacial score (nSPS) is 23.6. The van der Waals surface area contributed by atoms with Gasteiger partial charge in [0, 0.05) is 37.8 Å². The molecule has 3 fully saturated rings. The van der Waals surface area contributed by atoms with E-state index in [4.69, 9.17) is 21.2 Å². The summed E-state index contributed by atoms with van der Waals surface area (Å²) in [5, 5.41) is 11.1. The highest BCUT2D eigenvalue weighted by atomic mass is 35.5. The third-order valence-corrected chi connectivity index (χ3v) is 7.69. The molecule has 0 N–H and O–H groups in total. The number of likely N-dealkylation sites (N-methyl/N-ethyl adjacent to an activating group) is 1. The summed E-state index contributed by atoms with van der Waals surface area (Å²) in [4.78, 5) is 50.2. The molecule has 3 aliphatic rings. The Labute approximate surface area is 225 Å². The Kier molecular flexibility index (Phi) is 7.49. The van der Waals surface area contributed by atoms with E-state index in [0.717, 1.165) is 23.3 Å². The molecule has 38 heavy (non-hydrogen) atoms. The predicted molar refractivity (Wildman–Crippen MR) is 137 cm³/mol. The fraction of sp³-hybridized carbons (Fsp3) is 0.444. The summed E-state index contributed by atoms with van der Waals surface area (Å²) >= 11 is 6.33. The molecule has 1 atom stereocenters. The van der Waals surface area contributed by atoms with E-state index in [0.29, 0.717) is 54.5 Å². The number of anilines is 1. The fourth-order valence-electron chi connectivity index (χ4n) is 5.27. The molecule has 0 spiro atoms. The van der Waals surface area contributed by atoms with Gasteiger partial charge in [-0.1, -0.05) is 11.6 Å². The van der Waals surface area contributed by atoms with Crippen LogP contribution in [0.1, 0.15) is 49.3 Å². The Morgan fingerprint density at radius 1 is 1.18 bits per heavy atom. The number of urea groups is 1. The Balaban J connectivity index is 1.16. The first-order valence-electron chi connectivity index (χ1n) is 12.7. The Hall–Kier alpha value is -3.68. The predicted octanol–water partition coefficient (Wildman–Crippen LogP) is 4.10. The highest BCUT2D eigenvalue weighted by Gasteiger charge is 2.38. The molecule has 198 valence electrons. The zero-order chi connectivity index (χ0) is 26.8. The molecule has 2 saturated heterocycles. The van der Waals surface area contributed by atoms with Crippen molar-refractivity contribution >= 4 is 35.1 Å². The maximum absolute atomic E-state index is 13.3. The van der Waals surface area contributed by atoms with Crippen LogP contribution in [0.5, 0.6) is 5.75 Å². The van der Waals surface area contributed by atoms with E-state index in [1.807, 2.05) is 0 Å². The second kappa shape index (κ2) is 11.0. The minimum absolute atomic E-state index is 0.0325. The summed E-state index contributed by atoms with van der Waals surface area (Å²) in [6.45, 7) is 0.897. The van der Waals surface area contributed by atoms with E-state index in [9.17, 15) is 19.6 Å². The number of aromatic nitrogens is 1. The number of nitrogens with zero attached hydrogens (tertiary/aromatic N) is 5. The number of imide groups is 1. The molecule has 10 nitrogen and oxygen atoms in total. The summed E-state index contributed by atoms with van der Waals surface area (Å²) in [5.41, 5.74) is 1.69. The number of benzene rings is 1. The Morgan fingerprint density at radius 3 is 2.68 bits per heavy atom. The molecule has 1 aromatic carbocycles. The number of carbonyl (C=O) groups excluding carboxylic acids is 3. The van der Waals surface area contributed by atoms with Gasteiger partial charge >= 0.3 is 6.03 Å². The van der Waals surface area contributed by atoms with Crippen molar-refractivity contribution in [3.8, 4) is 11.8 Å². The topological polar surface area (TPSA) is 116 Å². The van der Waals surface area contributed by atoms with Crippen LogP contribution in [0.2, 0.25) is 5.02 Å². The lowest BCUT2D eigenvalue weighted by Crippen LogP contribution is -2.37.